The third-order valence-electron chi connectivity index (χ3n) is 5.84. The van der Waals surface area contributed by atoms with Crippen molar-refractivity contribution in [1.82, 2.24) is 24.9 Å². The molecule has 32 heavy (non-hydrogen) atoms. The van der Waals surface area contributed by atoms with Gasteiger partial charge in [-0.1, -0.05) is 30.3 Å². The van der Waals surface area contributed by atoms with Crippen LogP contribution >= 0.6 is 0 Å². The molecule has 6 rings (SSSR count). The quantitative estimate of drug-likeness (QED) is 0.451. The van der Waals surface area contributed by atoms with E-state index in [2.05, 4.69) is 14.9 Å². The van der Waals surface area contributed by atoms with Crippen molar-refractivity contribution < 1.29 is 9.84 Å². The molecule has 2 aromatic carbocycles. The summed E-state index contributed by atoms with van der Waals surface area (Å²) >= 11 is 0. The lowest BCUT2D eigenvalue weighted by Gasteiger charge is -2.39. The summed E-state index contributed by atoms with van der Waals surface area (Å²) in [6.07, 6.45) is 1.86. The van der Waals surface area contributed by atoms with Gasteiger partial charge in [0.25, 0.3) is 0 Å². The number of ether oxygens (including phenoxy) is 1. The van der Waals surface area contributed by atoms with E-state index in [0.29, 0.717) is 11.2 Å². The first-order valence-electron chi connectivity index (χ1n) is 10.4. The van der Waals surface area contributed by atoms with Crippen molar-refractivity contribution in [3.8, 4) is 22.9 Å². The number of hydrogen-bond donors (Lipinski definition) is 2. The number of para-hydroxylation sites is 1. The Balaban J connectivity index is 1.36. The Kier molecular flexibility index (Phi) is 4.17. The van der Waals surface area contributed by atoms with Crippen molar-refractivity contribution in [2.45, 2.75) is 5.92 Å². The fraction of sp³-hybridized carbons (Fsp3) is 0.167. The lowest BCUT2D eigenvalue weighted by molar-refractivity contribution is 0.415. The second-order valence-corrected chi connectivity index (χ2v) is 7.91. The van der Waals surface area contributed by atoms with Crippen molar-refractivity contribution in [2.24, 2.45) is 0 Å². The summed E-state index contributed by atoms with van der Waals surface area (Å²) in [6, 6.07) is 17.4. The van der Waals surface area contributed by atoms with Gasteiger partial charge in [0.05, 0.1) is 24.0 Å². The largest absolute Gasteiger partial charge is 0.497 e. The molecule has 1 aliphatic rings. The van der Waals surface area contributed by atoms with Gasteiger partial charge in [-0.15, -0.1) is 0 Å². The molecule has 0 saturated carbocycles. The molecule has 158 valence electrons. The average molecular weight is 424 g/mol. The standard InChI is InChI=1S/C24H20N6O2/c1-32-17-7-4-6-14(9-17)21-22(29-23-19(26-21)10-20(31)28-23)16-12-30(13-16)24-25-11-15-5-2-3-8-18(15)27-24/h2-11,16,31H,12-13H2,1H3,(H,28,29). The smallest absolute Gasteiger partial charge is 0.225 e. The minimum absolute atomic E-state index is 0.0496. The third-order valence-corrected chi connectivity index (χ3v) is 5.84. The highest BCUT2D eigenvalue weighted by Gasteiger charge is 2.34. The van der Waals surface area contributed by atoms with Gasteiger partial charge in [0.2, 0.25) is 5.95 Å². The summed E-state index contributed by atoms with van der Waals surface area (Å²) in [5.41, 5.74) is 4.72. The van der Waals surface area contributed by atoms with Gasteiger partial charge < -0.3 is 19.7 Å². The molecule has 8 heteroatoms. The second kappa shape index (κ2) is 7.19. The number of aromatic nitrogens is 5. The van der Waals surface area contributed by atoms with Crippen LogP contribution in [0.4, 0.5) is 5.95 Å². The van der Waals surface area contributed by atoms with Gasteiger partial charge in [0, 0.05) is 42.2 Å². The summed E-state index contributed by atoms with van der Waals surface area (Å²) < 4.78 is 5.40. The first-order chi connectivity index (χ1) is 15.7. The molecule has 0 atom stereocenters. The number of fused-ring (bicyclic) bond motifs is 2. The monoisotopic (exact) mass is 424 g/mol. The Morgan fingerprint density at radius 1 is 1.00 bits per heavy atom. The van der Waals surface area contributed by atoms with Crippen LogP contribution in [0.15, 0.2) is 60.8 Å². The van der Waals surface area contributed by atoms with Crippen molar-refractivity contribution >= 4 is 28.0 Å². The lowest BCUT2D eigenvalue weighted by atomic mass is 9.92. The van der Waals surface area contributed by atoms with Gasteiger partial charge in [-0.25, -0.2) is 19.9 Å². The number of H-pyrrole nitrogens is 1. The molecule has 0 unspecified atom stereocenters. The maximum Gasteiger partial charge on any atom is 0.225 e. The Morgan fingerprint density at radius 3 is 2.75 bits per heavy atom. The van der Waals surface area contributed by atoms with Crippen LogP contribution in [0.3, 0.4) is 0 Å². The van der Waals surface area contributed by atoms with Gasteiger partial charge in [-0.2, -0.15) is 0 Å². The maximum atomic E-state index is 9.90. The molecule has 0 amide bonds. The molecule has 0 radical (unpaired) electrons. The van der Waals surface area contributed by atoms with E-state index >= 15 is 0 Å². The van der Waals surface area contributed by atoms with Gasteiger partial charge in [-0.3, -0.25) is 0 Å². The molecule has 0 spiro atoms. The average Bonchev–Trinajstić information content (AvgIpc) is 3.16. The Labute approximate surface area is 183 Å². The summed E-state index contributed by atoms with van der Waals surface area (Å²) in [7, 11) is 1.65. The molecule has 1 saturated heterocycles. The van der Waals surface area contributed by atoms with Crippen LogP contribution in [0.25, 0.3) is 33.3 Å². The van der Waals surface area contributed by atoms with E-state index in [9.17, 15) is 5.11 Å². The molecule has 1 fully saturated rings. The molecule has 3 aromatic heterocycles. The van der Waals surface area contributed by atoms with Gasteiger partial charge in [0.1, 0.15) is 11.3 Å². The summed E-state index contributed by atoms with van der Waals surface area (Å²) in [5, 5.41) is 10.9. The van der Waals surface area contributed by atoms with Crippen LogP contribution < -0.4 is 9.64 Å². The number of anilines is 1. The maximum absolute atomic E-state index is 9.90. The van der Waals surface area contributed by atoms with Gasteiger partial charge in [-0.05, 0) is 18.2 Å². The van der Waals surface area contributed by atoms with Crippen molar-refractivity contribution in [1.29, 1.82) is 0 Å². The highest BCUT2D eigenvalue weighted by Crippen LogP contribution is 2.36. The summed E-state index contributed by atoms with van der Waals surface area (Å²) in [6.45, 7) is 1.48. The van der Waals surface area contributed by atoms with Crippen LogP contribution in [0.2, 0.25) is 0 Å². The minimum Gasteiger partial charge on any atom is -0.497 e. The molecular formula is C24H20N6O2. The van der Waals surface area contributed by atoms with Crippen molar-refractivity contribution in [3.05, 3.63) is 66.5 Å². The Hall–Kier alpha value is -4.20. The number of rotatable bonds is 4. The van der Waals surface area contributed by atoms with E-state index in [1.54, 1.807) is 13.2 Å². The number of nitrogens with zero attached hydrogens (tertiary/aromatic N) is 5. The molecule has 1 aliphatic heterocycles. The number of benzene rings is 2. The first kappa shape index (κ1) is 18.6. The zero-order valence-electron chi connectivity index (χ0n) is 17.4. The van der Waals surface area contributed by atoms with E-state index in [1.807, 2.05) is 54.7 Å². The van der Waals surface area contributed by atoms with Crippen LogP contribution in [-0.4, -0.2) is 50.2 Å². The van der Waals surface area contributed by atoms with E-state index in [1.165, 1.54) is 0 Å². The van der Waals surface area contributed by atoms with Crippen LogP contribution in [-0.2, 0) is 0 Å². The SMILES string of the molecule is COc1cccc(-c2nc3cc(O)[nH]c3nc2C2CN(c3ncc4ccccc4n3)C2)c1. The number of hydrogen-bond acceptors (Lipinski definition) is 7. The molecule has 0 bridgehead atoms. The number of methoxy groups -OCH3 is 1. The number of aromatic hydroxyl groups is 1. The minimum atomic E-state index is 0.0496. The predicted molar refractivity (Wildman–Crippen MR) is 122 cm³/mol. The van der Waals surface area contributed by atoms with E-state index in [0.717, 1.165) is 52.6 Å². The van der Waals surface area contributed by atoms with E-state index < -0.39 is 0 Å². The normalized spacial score (nSPS) is 14.1. The highest BCUT2D eigenvalue weighted by atomic mass is 16.5. The number of nitrogens with one attached hydrogen (secondary N) is 1. The predicted octanol–water partition coefficient (Wildman–Crippen LogP) is 3.89. The van der Waals surface area contributed by atoms with Crippen molar-refractivity contribution in [2.75, 3.05) is 25.1 Å². The Morgan fingerprint density at radius 2 is 1.88 bits per heavy atom. The fourth-order valence-corrected chi connectivity index (χ4v) is 4.14. The van der Waals surface area contributed by atoms with E-state index in [-0.39, 0.29) is 11.8 Å². The van der Waals surface area contributed by atoms with Crippen LogP contribution in [0.5, 0.6) is 11.6 Å². The summed E-state index contributed by atoms with van der Waals surface area (Å²) in [4.78, 5) is 23.9. The second-order valence-electron chi connectivity index (χ2n) is 7.91. The molecule has 8 nitrogen and oxygen atoms in total. The highest BCUT2D eigenvalue weighted by molar-refractivity contribution is 5.80. The third kappa shape index (κ3) is 3.08. The first-order valence-corrected chi connectivity index (χ1v) is 10.4. The zero-order valence-corrected chi connectivity index (χ0v) is 17.4. The van der Waals surface area contributed by atoms with Gasteiger partial charge in [0.15, 0.2) is 11.5 Å². The van der Waals surface area contributed by atoms with E-state index in [4.69, 9.17) is 19.7 Å². The van der Waals surface area contributed by atoms with Crippen LogP contribution in [0, 0.1) is 0 Å². The summed E-state index contributed by atoms with van der Waals surface area (Å²) in [5.74, 6) is 1.68. The molecule has 5 aromatic rings. The van der Waals surface area contributed by atoms with Crippen molar-refractivity contribution in [3.63, 3.8) is 0 Å². The lowest BCUT2D eigenvalue weighted by Crippen LogP contribution is -2.46. The Bertz CT molecular complexity index is 1460. The number of aromatic amines is 1. The molecule has 4 heterocycles. The molecule has 0 aliphatic carbocycles. The molecule has 2 N–H and O–H groups in total. The molecular weight excluding hydrogens is 404 g/mol. The topological polar surface area (TPSA) is 100 Å². The fourth-order valence-electron chi connectivity index (χ4n) is 4.14. The van der Waals surface area contributed by atoms with Gasteiger partial charge >= 0.3 is 0 Å². The zero-order chi connectivity index (χ0) is 21.7. The van der Waals surface area contributed by atoms with Crippen LogP contribution in [0.1, 0.15) is 11.6 Å².